The number of hydrogen-bond acceptors (Lipinski definition) is 5. The van der Waals surface area contributed by atoms with E-state index < -0.39 is 0 Å². The second-order valence-electron chi connectivity index (χ2n) is 4.53. The van der Waals surface area contributed by atoms with Crippen LogP contribution < -0.4 is 5.32 Å². The maximum atomic E-state index is 5.53. The Labute approximate surface area is 126 Å². The van der Waals surface area contributed by atoms with Crippen molar-refractivity contribution in [2.24, 2.45) is 0 Å². The average molecular weight is 301 g/mol. The second-order valence-corrected chi connectivity index (χ2v) is 5.51. The van der Waals surface area contributed by atoms with Crippen LogP contribution in [0.15, 0.2) is 17.5 Å². The molecule has 5 heteroatoms. The Bertz CT molecular complexity index is 306. The lowest BCUT2D eigenvalue weighted by atomic mass is 10.1. The van der Waals surface area contributed by atoms with Crippen LogP contribution >= 0.6 is 11.3 Å². The molecule has 0 spiro atoms. The molecule has 1 unspecified atom stereocenters. The van der Waals surface area contributed by atoms with Crippen molar-refractivity contribution in [1.82, 2.24) is 5.32 Å². The monoisotopic (exact) mass is 301 g/mol. The highest BCUT2D eigenvalue weighted by Crippen LogP contribution is 2.22. The fraction of sp³-hybridized carbons (Fsp3) is 0.733. The molecule has 0 fully saturated rings. The third-order valence-electron chi connectivity index (χ3n) is 2.90. The maximum absolute atomic E-state index is 5.53. The zero-order valence-corrected chi connectivity index (χ0v) is 13.4. The molecule has 0 aliphatic carbocycles. The smallest absolute Gasteiger partial charge is 0.0701 e. The molecular weight excluding hydrogens is 274 g/mol. The van der Waals surface area contributed by atoms with E-state index in [1.165, 1.54) is 17.7 Å². The van der Waals surface area contributed by atoms with Gasteiger partial charge in [0, 0.05) is 24.6 Å². The van der Waals surface area contributed by atoms with Crippen molar-refractivity contribution in [3.05, 3.63) is 22.4 Å². The topological polar surface area (TPSA) is 39.7 Å². The summed E-state index contributed by atoms with van der Waals surface area (Å²) in [5, 5.41) is 5.69. The van der Waals surface area contributed by atoms with Crippen LogP contribution in [0, 0.1) is 0 Å². The van der Waals surface area contributed by atoms with Crippen molar-refractivity contribution in [3.63, 3.8) is 0 Å². The van der Waals surface area contributed by atoms with Gasteiger partial charge in [-0.1, -0.05) is 19.4 Å². The highest BCUT2D eigenvalue weighted by molar-refractivity contribution is 7.10. The van der Waals surface area contributed by atoms with E-state index in [2.05, 4.69) is 29.8 Å². The number of nitrogens with one attached hydrogen (secondary N) is 1. The third kappa shape index (κ3) is 7.97. The van der Waals surface area contributed by atoms with E-state index in [9.17, 15) is 0 Å². The molecule has 0 aromatic carbocycles. The van der Waals surface area contributed by atoms with Crippen LogP contribution in [-0.4, -0.2) is 46.7 Å². The fourth-order valence-electron chi connectivity index (χ4n) is 1.89. The van der Waals surface area contributed by atoms with Crippen LogP contribution in [0.5, 0.6) is 0 Å². The molecule has 0 radical (unpaired) electrons. The summed E-state index contributed by atoms with van der Waals surface area (Å²) in [6.45, 7) is 6.36. The number of methoxy groups -OCH3 is 1. The molecule has 0 aliphatic heterocycles. The number of thiophene rings is 1. The molecule has 0 bridgehead atoms. The van der Waals surface area contributed by atoms with Crippen LogP contribution in [0.1, 0.15) is 30.7 Å². The summed E-state index contributed by atoms with van der Waals surface area (Å²) in [6.07, 6.45) is 2.35. The Balaban J connectivity index is 2.01. The first-order valence-electron chi connectivity index (χ1n) is 7.29. The predicted molar refractivity (Wildman–Crippen MR) is 83.5 cm³/mol. The van der Waals surface area contributed by atoms with E-state index in [1.54, 1.807) is 7.11 Å². The lowest BCUT2D eigenvalue weighted by Crippen LogP contribution is -2.25. The van der Waals surface area contributed by atoms with Gasteiger partial charge in [-0.25, -0.2) is 0 Å². The van der Waals surface area contributed by atoms with Crippen LogP contribution in [0.4, 0.5) is 0 Å². The molecule has 1 rings (SSSR count). The molecule has 0 saturated heterocycles. The van der Waals surface area contributed by atoms with Crippen molar-refractivity contribution in [1.29, 1.82) is 0 Å². The summed E-state index contributed by atoms with van der Waals surface area (Å²) in [7, 11) is 1.67. The molecule has 116 valence electrons. The fourth-order valence-corrected chi connectivity index (χ4v) is 2.73. The SMILES string of the molecule is CCCC(NCCOCCOCCOC)c1cccs1. The van der Waals surface area contributed by atoms with Gasteiger partial charge in [-0.15, -0.1) is 11.3 Å². The highest BCUT2D eigenvalue weighted by Gasteiger charge is 2.10. The highest BCUT2D eigenvalue weighted by atomic mass is 32.1. The molecule has 1 aromatic heterocycles. The van der Waals surface area contributed by atoms with Crippen LogP contribution in [0.25, 0.3) is 0 Å². The van der Waals surface area contributed by atoms with Gasteiger partial charge in [-0.05, 0) is 17.9 Å². The standard InChI is InChI=1S/C15H27NO3S/c1-3-5-14(15-6-4-13-20-15)16-7-8-18-11-12-19-10-9-17-2/h4,6,13-14,16H,3,5,7-12H2,1-2H3. The van der Waals surface area contributed by atoms with Gasteiger partial charge in [0.25, 0.3) is 0 Å². The Morgan fingerprint density at radius 3 is 2.55 bits per heavy atom. The maximum Gasteiger partial charge on any atom is 0.0701 e. The number of ether oxygens (including phenoxy) is 3. The largest absolute Gasteiger partial charge is 0.382 e. The minimum Gasteiger partial charge on any atom is -0.382 e. The molecule has 1 N–H and O–H groups in total. The second kappa shape index (κ2) is 12.3. The minimum absolute atomic E-state index is 0.460. The van der Waals surface area contributed by atoms with E-state index in [0.29, 0.717) is 32.5 Å². The summed E-state index contributed by atoms with van der Waals surface area (Å²) in [5.74, 6) is 0. The van der Waals surface area contributed by atoms with Crippen molar-refractivity contribution in [3.8, 4) is 0 Å². The minimum atomic E-state index is 0.460. The Kier molecular flexibility index (Phi) is 10.8. The molecule has 0 amide bonds. The number of rotatable bonds is 13. The predicted octanol–water partition coefficient (Wildman–Crippen LogP) is 2.86. The Morgan fingerprint density at radius 1 is 1.15 bits per heavy atom. The van der Waals surface area contributed by atoms with Crippen LogP contribution in [0.2, 0.25) is 0 Å². The van der Waals surface area contributed by atoms with Crippen molar-refractivity contribution < 1.29 is 14.2 Å². The summed E-state index contributed by atoms with van der Waals surface area (Å²) in [5.41, 5.74) is 0. The van der Waals surface area contributed by atoms with E-state index >= 15 is 0 Å². The Morgan fingerprint density at radius 2 is 1.90 bits per heavy atom. The van der Waals surface area contributed by atoms with E-state index in [-0.39, 0.29) is 0 Å². The first kappa shape index (κ1) is 17.6. The summed E-state index contributed by atoms with van der Waals surface area (Å²) in [4.78, 5) is 1.41. The van der Waals surface area contributed by atoms with Gasteiger partial charge in [0.1, 0.15) is 0 Å². The normalized spacial score (nSPS) is 12.7. The van der Waals surface area contributed by atoms with Gasteiger partial charge < -0.3 is 19.5 Å². The molecule has 1 aromatic rings. The van der Waals surface area contributed by atoms with Crippen molar-refractivity contribution in [2.45, 2.75) is 25.8 Å². The molecule has 0 saturated carbocycles. The van der Waals surface area contributed by atoms with Gasteiger partial charge in [0.2, 0.25) is 0 Å². The van der Waals surface area contributed by atoms with Gasteiger partial charge in [-0.3, -0.25) is 0 Å². The van der Waals surface area contributed by atoms with Gasteiger partial charge >= 0.3 is 0 Å². The van der Waals surface area contributed by atoms with E-state index in [1.807, 2.05) is 11.3 Å². The molecule has 0 aliphatic rings. The van der Waals surface area contributed by atoms with Gasteiger partial charge in [-0.2, -0.15) is 0 Å². The van der Waals surface area contributed by atoms with E-state index in [0.717, 1.165) is 13.2 Å². The van der Waals surface area contributed by atoms with Gasteiger partial charge in [0.15, 0.2) is 0 Å². The molecule has 4 nitrogen and oxygen atoms in total. The first-order valence-corrected chi connectivity index (χ1v) is 8.17. The summed E-state index contributed by atoms with van der Waals surface area (Å²) >= 11 is 1.82. The summed E-state index contributed by atoms with van der Waals surface area (Å²) < 4.78 is 15.8. The molecule has 20 heavy (non-hydrogen) atoms. The Hall–Kier alpha value is -0.460. The van der Waals surface area contributed by atoms with Crippen LogP contribution in [0.3, 0.4) is 0 Å². The first-order chi connectivity index (χ1) is 9.88. The molecule has 1 heterocycles. The molecule has 1 atom stereocenters. The zero-order valence-electron chi connectivity index (χ0n) is 12.6. The molecular formula is C15H27NO3S. The summed E-state index contributed by atoms with van der Waals surface area (Å²) in [6, 6.07) is 4.77. The lowest BCUT2D eigenvalue weighted by Gasteiger charge is -2.16. The van der Waals surface area contributed by atoms with Crippen molar-refractivity contribution >= 4 is 11.3 Å². The third-order valence-corrected chi connectivity index (χ3v) is 3.89. The van der Waals surface area contributed by atoms with Gasteiger partial charge in [0.05, 0.1) is 33.0 Å². The quantitative estimate of drug-likeness (QED) is 0.569. The van der Waals surface area contributed by atoms with Crippen molar-refractivity contribution in [2.75, 3.05) is 46.7 Å². The van der Waals surface area contributed by atoms with Crippen LogP contribution in [-0.2, 0) is 14.2 Å². The lowest BCUT2D eigenvalue weighted by molar-refractivity contribution is 0.0252. The average Bonchev–Trinajstić information content (AvgIpc) is 2.98. The number of hydrogen-bond donors (Lipinski definition) is 1. The zero-order chi connectivity index (χ0) is 14.5. The van der Waals surface area contributed by atoms with E-state index in [4.69, 9.17) is 14.2 Å².